The van der Waals surface area contributed by atoms with Crippen LogP contribution in [-0.2, 0) is 0 Å². The van der Waals surface area contributed by atoms with Crippen molar-refractivity contribution in [1.29, 1.82) is 0 Å². The van der Waals surface area contributed by atoms with Crippen molar-refractivity contribution in [1.82, 2.24) is 9.97 Å². The van der Waals surface area contributed by atoms with Crippen LogP contribution in [0.5, 0.6) is 5.75 Å². The Morgan fingerprint density at radius 1 is 1.32 bits per heavy atom. The van der Waals surface area contributed by atoms with E-state index in [1.165, 1.54) is 38.4 Å². The molecule has 0 radical (unpaired) electrons. The van der Waals surface area contributed by atoms with Gasteiger partial charge in [0.25, 0.3) is 0 Å². The van der Waals surface area contributed by atoms with Gasteiger partial charge in [0.05, 0.1) is 7.11 Å². The van der Waals surface area contributed by atoms with Crippen LogP contribution >= 0.6 is 0 Å². The predicted molar refractivity (Wildman–Crippen MR) is 77.2 cm³/mol. The molecule has 5 heteroatoms. The molecule has 1 aromatic rings. The zero-order valence-electron chi connectivity index (χ0n) is 11.9. The normalized spacial score (nSPS) is 23.1. The van der Waals surface area contributed by atoms with Crippen LogP contribution < -0.4 is 15.8 Å². The lowest BCUT2D eigenvalue weighted by molar-refractivity contribution is 0.281. The van der Waals surface area contributed by atoms with Gasteiger partial charge in [-0.05, 0) is 18.3 Å². The highest BCUT2D eigenvalue weighted by atomic mass is 16.5. The summed E-state index contributed by atoms with van der Waals surface area (Å²) in [6.45, 7) is 3.26. The summed E-state index contributed by atoms with van der Waals surface area (Å²) in [6.07, 6.45) is 8.09. The number of nitrogens with zero attached hydrogens (tertiary/aromatic N) is 2. The Morgan fingerprint density at radius 3 is 2.74 bits per heavy atom. The molecule has 1 fully saturated rings. The van der Waals surface area contributed by atoms with Gasteiger partial charge in [0.15, 0.2) is 11.6 Å². The number of hydrogen-bond donors (Lipinski definition) is 2. The molecule has 1 aromatic heterocycles. The lowest BCUT2D eigenvalue weighted by Gasteiger charge is -2.26. The molecule has 0 aliphatic heterocycles. The highest BCUT2D eigenvalue weighted by Gasteiger charge is 2.18. The average Bonchev–Trinajstić information content (AvgIpc) is 2.41. The Bertz CT molecular complexity index is 402. The van der Waals surface area contributed by atoms with E-state index < -0.39 is 0 Å². The molecule has 1 aliphatic rings. The second-order valence-corrected chi connectivity index (χ2v) is 5.48. The molecule has 0 spiro atoms. The zero-order chi connectivity index (χ0) is 13.7. The fourth-order valence-corrected chi connectivity index (χ4v) is 2.73. The Labute approximate surface area is 115 Å². The van der Waals surface area contributed by atoms with Crippen LogP contribution in [0.1, 0.15) is 39.0 Å². The van der Waals surface area contributed by atoms with Gasteiger partial charge in [-0.15, -0.1) is 0 Å². The largest absolute Gasteiger partial charge is 0.490 e. The van der Waals surface area contributed by atoms with Crippen LogP contribution in [0.15, 0.2) is 6.33 Å². The van der Waals surface area contributed by atoms with Gasteiger partial charge in [-0.25, -0.2) is 9.97 Å². The van der Waals surface area contributed by atoms with E-state index in [0.717, 1.165) is 18.4 Å². The number of rotatable bonds is 5. The molecule has 1 saturated carbocycles. The second-order valence-electron chi connectivity index (χ2n) is 5.48. The van der Waals surface area contributed by atoms with E-state index in [-0.39, 0.29) is 0 Å². The second kappa shape index (κ2) is 6.59. The molecule has 0 amide bonds. The molecular weight excluding hydrogens is 240 g/mol. The molecule has 106 valence electrons. The fourth-order valence-electron chi connectivity index (χ4n) is 2.73. The van der Waals surface area contributed by atoms with E-state index in [9.17, 15) is 0 Å². The van der Waals surface area contributed by atoms with Crippen molar-refractivity contribution in [2.45, 2.75) is 39.0 Å². The Hall–Kier alpha value is -1.52. The summed E-state index contributed by atoms with van der Waals surface area (Å²) in [4.78, 5) is 8.10. The minimum atomic E-state index is 0.381. The number of nitrogens with two attached hydrogens (primary N) is 1. The van der Waals surface area contributed by atoms with Crippen molar-refractivity contribution in [2.24, 2.45) is 11.8 Å². The van der Waals surface area contributed by atoms with Gasteiger partial charge < -0.3 is 15.8 Å². The number of methoxy groups -OCH3 is 1. The fraction of sp³-hybridized carbons (Fsp3) is 0.714. The summed E-state index contributed by atoms with van der Waals surface area (Å²) >= 11 is 0. The van der Waals surface area contributed by atoms with Crippen molar-refractivity contribution in [3.63, 3.8) is 0 Å². The van der Waals surface area contributed by atoms with Crippen molar-refractivity contribution >= 4 is 11.6 Å². The molecule has 1 aliphatic carbocycles. The summed E-state index contributed by atoms with van der Waals surface area (Å²) < 4.78 is 5.22. The van der Waals surface area contributed by atoms with Crippen LogP contribution in [0.25, 0.3) is 0 Å². The molecule has 3 N–H and O–H groups in total. The van der Waals surface area contributed by atoms with Gasteiger partial charge in [-0.1, -0.05) is 32.6 Å². The summed E-state index contributed by atoms with van der Waals surface area (Å²) in [5, 5.41) is 3.31. The van der Waals surface area contributed by atoms with Crippen molar-refractivity contribution in [3.05, 3.63) is 6.33 Å². The maximum atomic E-state index is 5.75. The standard InChI is InChI=1S/C14H24N4O/c1-10-3-5-11(6-4-10)7-8-16-14-12(19-2)13(15)17-9-18-14/h9-11H,3-8H2,1-2H3,(H3,15,16,17,18). The number of nitrogens with one attached hydrogen (secondary N) is 1. The van der Waals surface area contributed by atoms with Crippen molar-refractivity contribution in [3.8, 4) is 5.75 Å². The van der Waals surface area contributed by atoms with E-state index >= 15 is 0 Å². The monoisotopic (exact) mass is 264 g/mol. The summed E-state index contributed by atoms with van der Waals surface area (Å²) in [5.74, 6) is 3.37. The third-order valence-corrected chi connectivity index (χ3v) is 4.02. The molecule has 0 saturated heterocycles. The van der Waals surface area contributed by atoms with Crippen molar-refractivity contribution in [2.75, 3.05) is 24.7 Å². The van der Waals surface area contributed by atoms with Crippen LogP contribution in [0.3, 0.4) is 0 Å². The SMILES string of the molecule is COc1c(N)ncnc1NCCC1CCC(C)CC1. The molecule has 19 heavy (non-hydrogen) atoms. The van der Waals surface area contributed by atoms with E-state index in [4.69, 9.17) is 10.5 Å². The predicted octanol–water partition coefficient (Wildman–Crippen LogP) is 2.70. The maximum Gasteiger partial charge on any atom is 0.203 e. The third kappa shape index (κ3) is 3.72. The van der Waals surface area contributed by atoms with Gasteiger partial charge in [0, 0.05) is 6.54 Å². The van der Waals surface area contributed by atoms with Crippen LogP contribution in [0.2, 0.25) is 0 Å². The lowest BCUT2D eigenvalue weighted by atomic mass is 9.81. The quantitative estimate of drug-likeness (QED) is 0.855. The molecule has 0 atom stereocenters. The molecule has 1 heterocycles. The van der Waals surface area contributed by atoms with E-state index in [1.54, 1.807) is 7.11 Å². The van der Waals surface area contributed by atoms with Gasteiger partial charge in [-0.3, -0.25) is 0 Å². The molecule has 2 rings (SSSR count). The molecule has 0 aromatic carbocycles. The first kappa shape index (κ1) is 13.9. The highest BCUT2D eigenvalue weighted by Crippen LogP contribution is 2.31. The highest BCUT2D eigenvalue weighted by molar-refractivity contribution is 5.61. The maximum absolute atomic E-state index is 5.75. The van der Waals surface area contributed by atoms with E-state index in [2.05, 4.69) is 22.2 Å². The van der Waals surface area contributed by atoms with Crippen LogP contribution in [-0.4, -0.2) is 23.6 Å². The average molecular weight is 264 g/mol. The summed E-state index contributed by atoms with van der Waals surface area (Å²) in [7, 11) is 1.59. The Balaban J connectivity index is 1.81. The number of nitrogen functional groups attached to an aromatic ring is 1. The Kier molecular flexibility index (Phi) is 4.82. The van der Waals surface area contributed by atoms with E-state index in [0.29, 0.717) is 17.4 Å². The topological polar surface area (TPSA) is 73.1 Å². The minimum Gasteiger partial charge on any atom is -0.490 e. The van der Waals surface area contributed by atoms with Gasteiger partial charge in [-0.2, -0.15) is 0 Å². The third-order valence-electron chi connectivity index (χ3n) is 4.02. The molecule has 0 bridgehead atoms. The smallest absolute Gasteiger partial charge is 0.203 e. The van der Waals surface area contributed by atoms with Crippen LogP contribution in [0.4, 0.5) is 11.6 Å². The first-order chi connectivity index (χ1) is 9.20. The number of anilines is 2. The number of hydrogen-bond acceptors (Lipinski definition) is 5. The minimum absolute atomic E-state index is 0.381. The molecule has 0 unspecified atom stereocenters. The van der Waals surface area contributed by atoms with E-state index in [1.807, 2.05) is 0 Å². The number of aromatic nitrogens is 2. The summed E-state index contributed by atoms with van der Waals surface area (Å²) in [5.41, 5.74) is 5.75. The molecule has 5 nitrogen and oxygen atoms in total. The zero-order valence-corrected chi connectivity index (χ0v) is 11.9. The summed E-state index contributed by atoms with van der Waals surface area (Å²) in [6, 6.07) is 0. The first-order valence-corrected chi connectivity index (χ1v) is 7.09. The van der Waals surface area contributed by atoms with Crippen molar-refractivity contribution < 1.29 is 4.74 Å². The van der Waals surface area contributed by atoms with Gasteiger partial charge in [0.1, 0.15) is 6.33 Å². The molecular formula is C14H24N4O. The lowest BCUT2D eigenvalue weighted by Crippen LogP contribution is -2.16. The Morgan fingerprint density at radius 2 is 2.05 bits per heavy atom. The van der Waals surface area contributed by atoms with Gasteiger partial charge in [0.2, 0.25) is 5.75 Å². The van der Waals surface area contributed by atoms with Crippen LogP contribution in [0, 0.1) is 11.8 Å². The number of ether oxygens (including phenoxy) is 1. The van der Waals surface area contributed by atoms with Gasteiger partial charge >= 0.3 is 0 Å². The first-order valence-electron chi connectivity index (χ1n) is 7.09.